The third-order valence-corrected chi connectivity index (χ3v) is 2.76. The van der Waals surface area contributed by atoms with Gasteiger partial charge in [-0.3, -0.25) is 4.79 Å². The van der Waals surface area contributed by atoms with Gasteiger partial charge in [0.1, 0.15) is 5.75 Å². The largest absolute Gasteiger partial charge is 0.481 e. The normalized spacial score (nSPS) is 14.1. The third kappa shape index (κ3) is 3.75. The van der Waals surface area contributed by atoms with Crippen molar-refractivity contribution in [3.05, 3.63) is 29.8 Å². The van der Waals surface area contributed by atoms with Gasteiger partial charge in [-0.2, -0.15) is 0 Å². The minimum Gasteiger partial charge on any atom is -0.481 e. The van der Waals surface area contributed by atoms with Gasteiger partial charge in [0.2, 0.25) is 0 Å². The highest BCUT2D eigenvalue weighted by Crippen LogP contribution is 2.20. The van der Waals surface area contributed by atoms with Crippen LogP contribution < -0.4 is 15.8 Å². The third-order valence-electron chi connectivity index (χ3n) is 2.76. The van der Waals surface area contributed by atoms with Crippen LogP contribution in [-0.2, 0) is 4.79 Å². The molecule has 0 aliphatic carbocycles. The standard InChI is InChI=1S/C13H20N2O2/c1-4-12(13(14)16)17-11-7-5-6-10(8-11)9(2)15-3/h5-9,12,15H,4H2,1-3H3,(H2,14,16). The lowest BCUT2D eigenvalue weighted by Crippen LogP contribution is -2.33. The Hall–Kier alpha value is -1.55. The molecule has 4 heteroatoms. The summed E-state index contributed by atoms with van der Waals surface area (Å²) in [5.74, 6) is 0.245. The molecule has 0 radical (unpaired) electrons. The number of rotatable bonds is 6. The lowest BCUT2D eigenvalue weighted by molar-refractivity contribution is -0.124. The zero-order valence-electron chi connectivity index (χ0n) is 10.6. The second-order valence-electron chi connectivity index (χ2n) is 4.00. The van der Waals surface area contributed by atoms with Crippen molar-refractivity contribution in [1.29, 1.82) is 0 Å². The van der Waals surface area contributed by atoms with E-state index < -0.39 is 12.0 Å². The molecule has 1 amide bonds. The molecule has 17 heavy (non-hydrogen) atoms. The number of amides is 1. The van der Waals surface area contributed by atoms with Crippen LogP contribution in [0.3, 0.4) is 0 Å². The molecule has 4 nitrogen and oxygen atoms in total. The van der Waals surface area contributed by atoms with E-state index in [1.807, 2.05) is 38.2 Å². The smallest absolute Gasteiger partial charge is 0.258 e. The van der Waals surface area contributed by atoms with Crippen molar-refractivity contribution >= 4 is 5.91 Å². The monoisotopic (exact) mass is 236 g/mol. The fraction of sp³-hybridized carbons (Fsp3) is 0.462. The zero-order chi connectivity index (χ0) is 12.8. The molecule has 2 unspecified atom stereocenters. The van der Waals surface area contributed by atoms with Crippen molar-refractivity contribution in [2.75, 3.05) is 7.05 Å². The van der Waals surface area contributed by atoms with Crippen molar-refractivity contribution in [1.82, 2.24) is 5.32 Å². The van der Waals surface area contributed by atoms with Crippen molar-refractivity contribution in [3.8, 4) is 5.75 Å². The Labute approximate surface area is 102 Å². The van der Waals surface area contributed by atoms with Crippen LogP contribution >= 0.6 is 0 Å². The molecule has 1 rings (SSSR count). The van der Waals surface area contributed by atoms with Gasteiger partial charge >= 0.3 is 0 Å². The number of ether oxygens (including phenoxy) is 1. The Morgan fingerprint density at radius 1 is 1.53 bits per heavy atom. The van der Waals surface area contributed by atoms with E-state index in [9.17, 15) is 4.79 Å². The Balaban J connectivity index is 2.81. The average Bonchev–Trinajstić information content (AvgIpc) is 2.34. The van der Waals surface area contributed by atoms with Crippen LogP contribution in [0.15, 0.2) is 24.3 Å². The molecule has 0 saturated heterocycles. The summed E-state index contributed by atoms with van der Waals surface area (Å²) in [6, 6.07) is 7.92. The van der Waals surface area contributed by atoms with Gasteiger partial charge in [0.05, 0.1) is 0 Å². The number of primary amides is 1. The predicted molar refractivity (Wildman–Crippen MR) is 67.8 cm³/mol. The van der Waals surface area contributed by atoms with E-state index in [2.05, 4.69) is 12.2 Å². The van der Waals surface area contributed by atoms with Crippen LogP contribution in [0, 0.1) is 0 Å². The maximum atomic E-state index is 11.1. The topological polar surface area (TPSA) is 64.3 Å². The number of carbonyl (C=O) groups is 1. The van der Waals surface area contributed by atoms with Crippen LogP contribution in [0.5, 0.6) is 5.75 Å². The van der Waals surface area contributed by atoms with Crippen molar-refractivity contribution in [2.24, 2.45) is 5.73 Å². The quantitative estimate of drug-likeness (QED) is 0.788. The first kappa shape index (κ1) is 13.5. The Morgan fingerprint density at radius 2 is 2.24 bits per heavy atom. The highest BCUT2D eigenvalue weighted by molar-refractivity contribution is 5.79. The highest BCUT2D eigenvalue weighted by atomic mass is 16.5. The molecule has 1 aromatic carbocycles. The van der Waals surface area contributed by atoms with E-state index in [1.165, 1.54) is 0 Å². The molecular weight excluding hydrogens is 216 g/mol. The van der Waals surface area contributed by atoms with Crippen molar-refractivity contribution in [2.45, 2.75) is 32.4 Å². The Kier molecular flexibility index (Phi) is 4.97. The number of carbonyl (C=O) groups excluding carboxylic acids is 1. The van der Waals surface area contributed by atoms with Gasteiger partial charge in [0.15, 0.2) is 6.10 Å². The van der Waals surface area contributed by atoms with E-state index in [4.69, 9.17) is 10.5 Å². The zero-order valence-corrected chi connectivity index (χ0v) is 10.6. The molecule has 0 aliphatic rings. The van der Waals surface area contributed by atoms with E-state index in [-0.39, 0.29) is 6.04 Å². The van der Waals surface area contributed by atoms with E-state index in [0.29, 0.717) is 12.2 Å². The second kappa shape index (κ2) is 6.25. The predicted octanol–water partition coefficient (Wildman–Crippen LogP) is 1.61. The SMILES string of the molecule is CCC(Oc1cccc(C(C)NC)c1)C(N)=O. The molecular formula is C13H20N2O2. The maximum absolute atomic E-state index is 11.1. The first-order valence-corrected chi connectivity index (χ1v) is 5.81. The van der Waals surface area contributed by atoms with Crippen LogP contribution in [0.2, 0.25) is 0 Å². The van der Waals surface area contributed by atoms with Gasteiger partial charge in [-0.15, -0.1) is 0 Å². The summed E-state index contributed by atoms with van der Waals surface area (Å²) in [7, 11) is 1.90. The fourth-order valence-corrected chi connectivity index (χ4v) is 1.53. The Morgan fingerprint density at radius 3 is 2.76 bits per heavy atom. The summed E-state index contributed by atoms with van der Waals surface area (Å²) in [6.07, 6.45) is 0.0105. The van der Waals surface area contributed by atoms with Crippen LogP contribution in [0.1, 0.15) is 31.9 Å². The molecule has 2 atom stereocenters. The number of nitrogens with two attached hydrogens (primary N) is 1. The molecule has 0 bridgehead atoms. The first-order valence-electron chi connectivity index (χ1n) is 5.81. The lowest BCUT2D eigenvalue weighted by Gasteiger charge is -2.16. The van der Waals surface area contributed by atoms with Gasteiger partial charge in [0, 0.05) is 6.04 Å². The molecule has 94 valence electrons. The summed E-state index contributed by atoms with van der Waals surface area (Å²) in [4.78, 5) is 11.1. The molecule has 0 spiro atoms. The minimum atomic E-state index is -0.560. The molecule has 0 aliphatic heterocycles. The highest BCUT2D eigenvalue weighted by Gasteiger charge is 2.14. The van der Waals surface area contributed by atoms with Gasteiger partial charge in [-0.05, 0) is 38.1 Å². The van der Waals surface area contributed by atoms with Gasteiger partial charge < -0.3 is 15.8 Å². The number of hydrogen-bond acceptors (Lipinski definition) is 3. The molecule has 3 N–H and O–H groups in total. The number of nitrogens with one attached hydrogen (secondary N) is 1. The Bertz CT molecular complexity index is 379. The summed E-state index contributed by atoms with van der Waals surface area (Å²) in [5, 5.41) is 3.15. The number of benzene rings is 1. The van der Waals surface area contributed by atoms with Crippen LogP contribution in [-0.4, -0.2) is 19.1 Å². The van der Waals surface area contributed by atoms with Crippen LogP contribution in [0.25, 0.3) is 0 Å². The fourth-order valence-electron chi connectivity index (χ4n) is 1.53. The van der Waals surface area contributed by atoms with E-state index >= 15 is 0 Å². The summed E-state index contributed by atoms with van der Waals surface area (Å²) in [5.41, 5.74) is 6.36. The second-order valence-corrected chi connectivity index (χ2v) is 4.00. The molecule has 0 aromatic heterocycles. The van der Waals surface area contributed by atoms with E-state index in [0.717, 1.165) is 5.56 Å². The molecule has 0 heterocycles. The van der Waals surface area contributed by atoms with E-state index in [1.54, 1.807) is 0 Å². The molecule has 1 aromatic rings. The molecule has 0 fully saturated rings. The first-order chi connectivity index (χ1) is 8.08. The lowest BCUT2D eigenvalue weighted by atomic mass is 10.1. The summed E-state index contributed by atoms with van der Waals surface area (Å²) in [6.45, 7) is 3.93. The van der Waals surface area contributed by atoms with Gasteiger partial charge in [-0.25, -0.2) is 0 Å². The summed E-state index contributed by atoms with van der Waals surface area (Å²) < 4.78 is 5.56. The number of hydrogen-bond donors (Lipinski definition) is 2. The maximum Gasteiger partial charge on any atom is 0.258 e. The van der Waals surface area contributed by atoms with Crippen molar-refractivity contribution < 1.29 is 9.53 Å². The molecule has 0 saturated carbocycles. The summed E-state index contributed by atoms with van der Waals surface area (Å²) >= 11 is 0. The van der Waals surface area contributed by atoms with Crippen LogP contribution in [0.4, 0.5) is 0 Å². The van der Waals surface area contributed by atoms with Crippen molar-refractivity contribution in [3.63, 3.8) is 0 Å². The average molecular weight is 236 g/mol. The van der Waals surface area contributed by atoms with Gasteiger partial charge in [-0.1, -0.05) is 19.1 Å². The van der Waals surface area contributed by atoms with Gasteiger partial charge in [0.25, 0.3) is 5.91 Å². The minimum absolute atomic E-state index is 0.243.